The Labute approximate surface area is 176 Å². The minimum Gasteiger partial charge on any atom is -0.325 e. The van der Waals surface area contributed by atoms with Crippen LogP contribution in [0.2, 0.25) is 5.02 Å². The normalized spacial score (nSPS) is 11.4. The molecule has 1 amide bonds. The monoisotopic (exact) mass is 428 g/mol. The van der Waals surface area contributed by atoms with E-state index in [1.54, 1.807) is 6.07 Å². The Morgan fingerprint density at radius 2 is 1.55 bits per heavy atom. The van der Waals surface area contributed by atoms with Crippen LogP contribution in [0, 0.1) is 6.92 Å². The van der Waals surface area contributed by atoms with Gasteiger partial charge in [0.2, 0.25) is 15.9 Å². The maximum Gasteiger partial charge on any atom is 0.243 e. The summed E-state index contributed by atoms with van der Waals surface area (Å²) in [4.78, 5) is 12.7. The van der Waals surface area contributed by atoms with Gasteiger partial charge in [0.05, 0.1) is 11.4 Å². The molecule has 3 rings (SSSR count). The number of para-hydroxylation sites is 1. The van der Waals surface area contributed by atoms with Crippen LogP contribution >= 0.6 is 11.6 Å². The van der Waals surface area contributed by atoms with Crippen LogP contribution in [0.15, 0.2) is 83.8 Å². The number of hydrogen-bond donors (Lipinski definition) is 1. The van der Waals surface area contributed by atoms with Crippen molar-refractivity contribution in [3.8, 4) is 0 Å². The number of carbonyl (C=O) groups is 1. The van der Waals surface area contributed by atoms with Crippen LogP contribution in [0.5, 0.6) is 0 Å². The molecular formula is C22H21ClN2O3S. The molecule has 150 valence electrons. The molecule has 7 heteroatoms. The molecule has 3 aromatic carbocycles. The Kier molecular flexibility index (Phi) is 6.69. The van der Waals surface area contributed by atoms with Crippen molar-refractivity contribution in [2.24, 2.45) is 0 Å². The molecule has 29 heavy (non-hydrogen) atoms. The zero-order chi connectivity index (χ0) is 20.9. The van der Waals surface area contributed by atoms with Crippen molar-refractivity contribution in [1.29, 1.82) is 0 Å². The average molecular weight is 429 g/mol. The standard InChI is InChI=1S/C22H21ClN2O3S/c1-17-7-5-6-10-21(17)24-22(26)16-25(15-18-8-3-2-4-9-18)29(27,28)20-13-11-19(23)12-14-20/h2-14H,15-16H2,1H3,(H,24,26). The van der Waals surface area contributed by atoms with Crippen LogP contribution < -0.4 is 5.32 Å². The third kappa shape index (κ3) is 5.44. The first-order valence-electron chi connectivity index (χ1n) is 9.01. The first-order chi connectivity index (χ1) is 13.9. The van der Waals surface area contributed by atoms with E-state index >= 15 is 0 Å². The van der Waals surface area contributed by atoms with Crippen LogP contribution in [0.1, 0.15) is 11.1 Å². The van der Waals surface area contributed by atoms with E-state index in [2.05, 4.69) is 5.32 Å². The quantitative estimate of drug-likeness (QED) is 0.603. The van der Waals surface area contributed by atoms with E-state index in [9.17, 15) is 13.2 Å². The number of sulfonamides is 1. The van der Waals surface area contributed by atoms with Crippen LogP contribution in [0.4, 0.5) is 5.69 Å². The second-order valence-corrected chi connectivity index (χ2v) is 8.95. The van der Waals surface area contributed by atoms with E-state index in [0.29, 0.717) is 10.7 Å². The molecule has 0 aromatic heterocycles. The summed E-state index contributed by atoms with van der Waals surface area (Å²) < 4.78 is 27.6. The van der Waals surface area contributed by atoms with Gasteiger partial charge >= 0.3 is 0 Å². The summed E-state index contributed by atoms with van der Waals surface area (Å²) in [5.41, 5.74) is 2.34. The van der Waals surface area contributed by atoms with Crippen LogP contribution in [0.25, 0.3) is 0 Å². The molecule has 0 bridgehead atoms. The lowest BCUT2D eigenvalue weighted by Crippen LogP contribution is -2.37. The second kappa shape index (κ2) is 9.22. The summed E-state index contributed by atoms with van der Waals surface area (Å²) in [5, 5.41) is 3.23. The Morgan fingerprint density at radius 3 is 2.21 bits per heavy atom. The Balaban J connectivity index is 1.87. The van der Waals surface area contributed by atoms with Gasteiger partial charge in [-0.1, -0.05) is 60.1 Å². The highest BCUT2D eigenvalue weighted by Crippen LogP contribution is 2.21. The molecule has 0 aliphatic rings. The number of benzene rings is 3. The van der Waals surface area contributed by atoms with Crippen molar-refractivity contribution in [3.05, 3.63) is 95.0 Å². The van der Waals surface area contributed by atoms with Crippen molar-refractivity contribution in [2.45, 2.75) is 18.4 Å². The third-order valence-corrected chi connectivity index (χ3v) is 6.45. The number of halogens is 1. The number of rotatable bonds is 7. The largest absolute Gasteiger partial charge is 0.325 e. The zero-order valence-electron chi connectivity index (χ0n) is 15.9. The number of nitrogens with zero attached hydrogens (tertiary/aromatic N) is 1. The molecule has 0 heterocycles. The number of aryl methyl sites for hydroxylation is 1. The highest BCUT2D eigenvalue weighted by molar-refractivity contribution is 7.89. The first-order valence-corrected chi connectivity index (χ1v) is 10.8. The van der Waals surface area contributed by atoms with Gasteiger partial charge < -0.3 is 5.32 Å². The summed E-state index contributed by atoms with van der Waals surface area (Å²) >= 11 is 5.89. The van der Waals surface area contributed by atoms with Gasteiger partial charge in [-0.25, -0.2) is 8.42 Å². The van der Waals surface area contributed by atoms with Crippen LogP contribution in [-0.4, -0.2) is 25.2 Å². The van der Waals surface area contributed by atoms with Crippen molar-refractivity contribution < 1.29 is 13.2 Å². The van der Waals surface area contributed by atoms with E-state index in [4.69, 9.17) is 11.6 Å². The maximum absolute atomic E-state index is 13.2. The fourth-order valence-corrected chi connectivity index (χ4v) is 4.34. The summed E-state index contributed by atoms with van der Waals surface area (Å²) in [5.74, 6) is -0.409. The lowest BCUT2D eigenvalue weighted by atomic mass is 10.2. The van der Waals surface area contributed by atoms with Crippen molar-refractivity contribution >= 4 is 33.2 Å². The van der Waals surface area contributed by atoms with E-state index < -0.39 is 15.9 Å². The van der Waals surface area contributed by atoms with Crippen molar-refractivity contribution in [2.75, 3.05) is 11.9 Å². The molecule has 3 aromatic rings. The fourth-order valence-electron chi connectivity index (χ4n) is 2.83. The van der Waals surface area contributed by atoms with Gasteiger partial charge in [-0.05, 0) is 48.4 Å². The predicted octanol–water partition coefficient (Wildman–Crippen LogP) is 4.48. The number of anilines is 1. The molecule has 0 fully saturated rings. The van der Waals surface area contributed by atoms with Crippen LogP contribution in [-0.2, 0) is 21.4 Å². The van der Waals surface area contributed by atoms with Gasteiger partial charge in [0.1, 0.15) is 0 Å². The Morgan fingerprint density at radius 1 is 0.931 bits per heavy atom. The molecule has 0 atom stereocenters. The Hall–Kier alpha value is -2.67. The molecule has 0 aliphatic carbocycles. The number of nitrogens with one attached hydrogen (secondary N) is 1. The number of hydrogen-bond acceptors (Lipinski definition) is 3. The van der Waals surface area contributed by atoms with E-state index in [0.717, 1.165) is 11.1 Å². The maximum atomic E-state index is 13.2. The highest BCUT2D eigenvalue weighted by Gasteiger charge is 2.27. The second-order valence-electron chi connectivity index (χ2n) is 6.58. The van der Waals surface area contributed by atoms with Crippen LogP contribution in [0.3, 0.4) is 0 Å². The van der Waals surface area contributed by atoms with E-state index in [-0.39, 0.29) is 18.0 Å². The molecule has 1 N–H and O–H groups in total. The number of amides is 1. The van der Waals surface area contributed by atoms with Crippen molar-refractivity contribution in [1.82, 2.24) is 4.31 Å². The molecule has 0 saturated heterocycles. The minimum atomic E-state index is -3.90. The molecule has 0 spiro atoms. The lowest BCUT2D eigenvalue weighted by Gasteiger charge is -2.22. The predicted molar refractivity (Wildman–Crippen MR) is 115 cm³/mol. The Bertz CT molecular complexity index is 1080. The molecule has 0 radical (unpaired) electrons. The molecule has 0 unspecified atom stereocenters. The lowest BCUT2D eigenvalue weighted by molar-refractivity contribution is -0.116. The summed E-state index contributed by atoms with van der Waals surface area (Å²) in [6.07, 6.45) is 0. The molecule has 0 saturated carbocycles. The average Bonchev–Trinajstić information content (AvgIpc) is 2.70. The van der Waals surface area contributed by atoms with Gasteiger partial charge in [0.25, 0.3) is 0 Å². The summed E-state index contributed by atoms with van der Waals surface area (Å²) in [6, 6.07) is 22.4. The molecule has 0 aliphatic heterocycles. The van der Waals surface area contributed by atoms with Gasteiger partial charge in [-0.3, -0.25) is 4.79 Å². The van der Waals surface area contributed by atoms with Gasteiger partial charge in [-0.15, -0.1) is 0 Å². The topological polar surface area (TPSA) is 66.5 Å². The van der Waals surface area contributed by atoms with Gasteiger partial charge in [0.15, 0.2) is 0 Å². The molecular weight excluding hydrogens is 408 g/mol. The summed E-state index contributed by atoms with van der Waals surface area (Å²) in [7, 11) is -3.90. The first kappa shape index (κ1) is 21.0. The number of carbonyl (C=O) groups excluding carboxylic acids is 1. The van der Waals surface area contributed by atoms with E-state index in [1.807, 2.05) is 55.5 Å². The summed E-state index contributed by atoms with van der Waals surface area (Å²) in [6.45, 7) is 1.64. The fraction of sp³-hybridized carbons (Fsp3) is 0.136. The van der Waals surface area contributed by atoms with E-state index in [1.165, 1.54) is 28.6 Å². The third-order valence-electron chi connectivity index (χ3n) is 4.39. The minimum absolute atomic E-state index is 0.0764. The highest BCUT2D eigenvalue weighted by atomic mass is 35.5. The van der Waals surface area contributed by atoms with Gasteiger partial charge in [-0.2, -0.15) is 4.31 Å². The van der Waals surface area contributed by atoms with Crippen molar-refractivity contribution in [3.63, 3.8) is 0 Å². The zero-order valence-corrected chi connectivity index (χ0v) is 17.5. The SMILES string of the molecule is Cc1ccccc1NC(=O)CN(Cc1ccccc1)S(=O)(=O)c1ccc(Cl)cc1. The smallest absolute Gasteiger partial charge is 0.243 e. The molecule has 5 nitrogen and oxygen atoms in total. The van der Waals surface area contributed by atoms with Gasteiger partial charge in [0, 0.05) is 17.3 Å².